The first kappa shape index (κ1) is 19.7. The van der Waals surface area contributed by atoms with Gasteiger partial charge in [-0.3, -0.25) is 9.89 Å². The van der Waals surface area contributed by atoms with Crippen LogP contribution < -0.4 is 11.1 Å². The van der Waals surface area contributed by atoms with Crippen LogP contribution in [0.5, 0.6) is 5.75 Å². The highest BCUT2D eigenvalue weighted by atomic mass is 16.3. The van der Waals surface area contributed by atoms with Crippen molar-refractivity contribution in [2.24, 2.45) is 10.7 Å². The number of anilines is 2. The Morgan fingerprint density at radius 3 is 2.50 bits per heavy atom. The van der Waals surface area contributed by atoms with E-state index in [-0.39, 0.29) is 5.75 Å². The zero-order valence-electron chi connectivity index (χ0n) is 17.0. The molecule has 4 N–H and O–H groups in total. The molecule has 0 saturated heterocycles. The van der Waals surface area contributed by atoms with Crippen LogP contribution in [0.1, 0.15) is 11.1 Å². The predicted molar refractivity (Wildman–Crippen MR) is 123 cm³/mol. The van der Waals surface area contributed by atoms with Gasteiger partial charge in [-0.2, -0.15) is 0 Å². The minimum absolute atomic E-state index is 0.245. The van der Waals surface area contributed by atoms with Crippen LogP contribution in [0.4, 0.5) is 11.4 Å². The van der Waals surface area contributed by atoms with Crippen LogP contribution in [0.15, 0.2) is 95.1 Å². The SMILES string of the molecule is CN1CC(N)=C(C(=NCc2cccc(O)c2)c2ccccc2Nc2ccccc2)C1. The smallest absolute Gasteiger partial charge is 0.115 e. The molecule has 0 radical (unpaired) electrons. The number of para-hydroxylation sites is 2. The number of hydrogen-bond acceptors (Lipinski definition) is 5. The predicted octanol–water partition coefficient (Wildman–Crippen LogP) is 4.28. The summed E-state index contributed by atoms with van der Waals surface area (Å²) in [6.07, 6.45) is 0. The van der Waals surface area contributed by atoms with Crippen molar-refractivity contribution in [2.75, 3.05) is 25.5 Å². The van der Waals surface area contributed by atoms with Gasteiger partial charge in [0.2, 0.25) is 0 Å². The van der Waals surface area contributed by atoms with Crippen molar-refractivity contribution in [3.8, 4) is 5.75 Å². The highest BCUT2D eigenvalue weighted by molar-refractivity contribution is 6.16. The van der Waals surface area contributed by atoms with Crippen molar-refractivity contribution >= 4 is 17.1 Å². The van der Waals surface area contributed by atoms with Crippen LogP contribution in [0.2, 0.25) is 0 Å². The maximum Gasteiger partial charge on any atom is 0.115 e. The standard InChI is InChI=1S/C25H26N4O/c1-29-16-22(23(26)17-29)25(27-15-18-8-7-11-20(30)14-18)21-12-5-6-13-24(21)28-19-9-3-2-4-10-19/h2-14,28,30H,15-17,26H2,1H3. The summed E-state index contributed by atoms with van der Waals surface area (Å²) in [6.45, 7) is 1.95. The Kier molecular flexibility index (Phi) is 5.82. The summed E-state index contributed by atoms with van der Waals surface area (Å²) in [5.74, 6) is 0.245. The molecule has 4 rings (SSSR count). The van der Waals surface area contributed by atoms with Crippen LogP contribution in [0.3, 0.4) is 0 Å². The molecule has 5 nitrogen and oxygen atoms in total. The Morgan fingerprint density at radius 1 is 1.00 bits per heavy atom. The summed E-state index contributed by atoms with van der Waals surface area (Å²) >= 11 is 0. The quantitative estimate of drug-likeness (QED) is 0.542. The molecule has 0 aliphatic carbocycles. The molecule has 30 heavy (non-hydrogen) atoms. The van der Waals surface area contributed by atoms with E-state index in [4.69, 9.17) is 10.7 Å². The van der Waals surface area contributed by atoms with E-state index in [1.165, 1.54) is 0 Å². The lowest BCUT2D eigenvalue weighted by Crippen LogP contribution is -2.18. The summed E-state index contributed by atoms with van der Waals surface area (Å²) in [5, 5.41) is 13.3. The summed E-state index contributed by atoms with van der Waals surface area (Å²) in [7, 11) is 2.06. The second-order valence-electron chi connectivity index (χ2n) is 7.55. The first-order valence-electron chi connectivity index (χ1n) is 10.0. The van der Waals surface area contributed by atoms with Gasteiger partial charge in [-0.05, 0) is 42.9 Å². The monoisotopic (exact) mass is 398 g/mol. The van der Waals surface area contributed by atoms with Crippen molar-refractivity contribution in [3.05, 3.63) is 101 Å². The number of aromatic hydroxyl groups is 1. The van der Waals surface area contributed by atoms with Crippen LogP contribution >= 0.6 is 0 Å². The summed E-state index contributed by atoms with van der Waals surface area (Å²) in [4.78, 5) is 7.16. The Labute approximate surface area is 177 Å². The van der Waals surface area contributed by atoms with Crippen LogP contribution in [-0.2, 0) is 6.54 Å². The lowest BCUT2D eigenvalue weighted by atomic mass is 9.99. The number of likely N-dealkylation sites (N-methyl/N-ethyl adjacent to an activating group) is 1. The first-order chi connectivity index (χ1) is 14.6. The number of phenols is 1. The fraction of sp³-hybridized carbons (Fsp3) is 0.160. The van der Waals surface area contributed by atoms with Gasteiger partial charge in [0.25, 0.3) is 0 Å². The summed E-state index contributed by atoms with van der Waals surface area (Å²) < 4.78 is 0. The number of rotatable bonds is 6. The lowest BCUT2D eigenvalue weighted by Gasteiger charge is -2.16. The minimum atomic E-state index is 0.245. The molecule has 1 aliphatic rings. The van der Waals surface area contributed by atoms with Crippen molar-refractivity contribution < 1.29 is 5.11 Å². The normalized spacial score (nSPS) is 14.9. The van der Waals surface area contributed by atoms with Gasteiger partial charge in [0, 0.05) is 41.3 Å². The molecule has 0 fully saturated rings. The average Bonchev–Trinajstić information content (AvgIpc) is 3.08. The first-order valence-corrected chi connectivity index (χ1v) is 10.0. The molecule has 0 amide bonds. The number of nitrogens with two attached hydrogens (primary N) is 1. The van der Waals surface area contributed by atoms with Gasteiger partial charge < -0.3 is 16.2 Å². The van der Waals surface area contributed by atoms with Gasteiger partial charge in [0.05, 0.1) is 12.3 Å². The molecule has 0 bridgehead atoms. The van der Waals surface area contributed by atoms with Gasteiger partial charge in [-0.1, -0.05) is 48.5 Å². The molecular formula is C25H26N4O. The molecule has 1 heterocycles. The second-order valence-corrected chi connectivity index (χ2v) is 7.55. The highest BCUT2D eigenvalue weighted by Gasteiger charge is 2.23. The zero-order valence-corrected chi connectivity index (χ0v) is 17.0. The average molecular weight is 399 g/mol. The van der Waals surface area contributed by atoms with Gasteiger partial charge in [0.1, 0.15) is 5.75 Å². The number of aliphatic imine (C=N–C) groups is 1. The molecule has 0 aromatic heterocycles. The second kappa shape index (κ2) is 8.84. The third-order valence-electron chi connectivity index (χ3n) is 5.11. The van der Waals surface area contributed by atoms with E-state index >= 15 is 0 Å². The molecule has 3 aromatic carbocycles. The topological polar surface area (TPSA) is 73.9 Å². The molecule has 5 heteroatoms. The lowest BCUT2D eigenvalue weighted by molar-refractivity contribution is 0.426. The molecule has 3 aromatic rings. The van der Waals surface area contributed by atoms with Gasteiger partial charge in [-0.25, -0.2) is 0 Å². The Bertz CT molecular complexity index is 1090. The number of benzene rings is 3. The fourth-order valence-electron chi connectivity index (χ4n) is 3.68. The summed E-state index contributed by atoms with van der Waals surface area (Å²) in [5.41, 5.74) is 13.1. The van der Waals surface area contributed by atoms with E-state index < -0.39 is 0 Å². The van der Waals surface area contributed by atoms with E-state index in [1.54, 1.807) is 12.1 Å². The Balaban J connectivity index is 1.75. The van der Waals surface area contributed by atoms with E-state index in [9.17, 15) is 5.11 Å². The van der Waals surface area contributed by atoms with Gasteiger partial charge in [-0.15, -0.1) is 0 Å². The van der Waals surface area contributed by atoms with Crippen molar-refractivity contribution in [1.29, 1.82) is 0 Å². The van der Waals surface area contributed by atoms with E-state index in [0.717, 1.165) is 52.6 Å². The highest BCUT2D eigenvalue weighted by Crippen LogP contribution is 2.27. The van der Waals surface area contributed by atoms with E-state index in [2.05, 4.69) is 29.4 Å². The molecule has 0 saturated carbocycles. The number of nitrogens with one attached hydrogen (secondary N) is 1. The Hall–Kier alpha value is -3.57. The van der Waals surface area contributed by atoms with Crippen LogP contribution in [-0.4, -0.2) is 35.9 Å². The maximum atomic E-state index is 9.80. The molecule has 0 atom stereocenters. The number of hydrogen-bond donors (Lipinski definition) is 3. The van der Waals surface area contributed by atoms with Crippen LogP contribution in [0, 0.1) is 0 Å². The van der Waals surface area contributed by atoms with E-state index in [1.807, 2.05) is 54.6 Å². The molecular weight excluding hydrogens is 372 g/mol. The third-order valence-corrected chi connectivity index (χ3v) is 5.11. The largest absolute Gasteiger partial charge is 0.508 e. The summed E-state index contributed by atoms with van der Waals surface area (Å²) in [6, 6.07) is 25.5. The maximum absolute atomic E-state index is 9.80. The fourth-order valence-corrected chi connectivity index (χ4v) is 3.68. The molecule has 152 valence electrons. The van der Waals surface area contributed by atoms with Crippen molar-refractivity contribution in [3.63, 3.8) is 0 Å². The van der Waals surface area contributed by atoms with Crippen molar-refractivity contribution in [1.82, 2.24) is 4.90 Å². The minimum Gasteiger partial charge on any atom is -0.508 e. The van der Waals surface area contributed by atoms with E-state index in [0.29, 0.717) is 6.54 Å². The molecule has 1 aliphatic heterocycles. The third kappa shape index (κ3) is 4.53. The van der Waals surface area contributed by atoms with Gasteiger partial charge >= 0.3 is 0 Å². The molecule has 0 spiro atoms. The van der Waals surface area contributed by atoms with Crippen molar-refractivity contribution in [2.45, 2.75) is 6.54 Å². The Morgan fingerprint density at radius 2 is 1.77 bits per heavy atom. The number of nitrogens with zero attached hydrogens (tertiary/aromatic N) is 2. The zero-order chi connectivity index (χ0) is 20.9. The van der Waals surface area contributed by atoms with Gasteiger partial charge in [0.15, 0.2) is 0 Å². The molecule has 0 unspecified atom stereocenters. The number of phenolic OH excluding ortho intramolecular Hbond substituents is 1. The van der Waals surface area contributed by atoms with Crippen LogP contribution in [0.25, 0.3) is 0 Å².